The number of hydrogen-bond acceptors (Lipinski definition) is 2. The van der Waals surface area contributed by atoms with Crippen LogP contribution in [-0.2, 0) is 11.2 Å². The summed E-state index contributed by atoms with van der Waals surface area (Å²) in [7, 11) is 0. The summed E-state index contributed by atoms with van der Waals surface area (Å²) in [5.74, 6) is 1.03. The van der Waals surface area contributed by atoms with E-state index in [0.29, 0.717) is 12.0 Å². The number of aryl methyl sites for hydroxylation is 1. The first kappa shape index (κ1) is 11.8. The minimum Gasteiger partial charge on any atom is -0.469 e. The molecule has 0 bridgehead atoms. The molecule has 0 saturated heterocycles. The Morgan fingerprint density at radius 3 is 2.60 bits per heavy atom. The van der Waals surface area contributed by atoms with Crippen molar-refractivity contribution in [3.05, 3.63) is 36.3 Å². The number of allylic oxidation sites excluding steroid dienone is 1. The van der Waals surface area contributed by atoms with E-state index in [0.717, 1.165) is 12.2 Å². The van der Waals surface area contributed by atoms with Gasteiger partial charge in [-0.05, 0) is 24.1 Å². The molecule has 0 saturated carbocycles. The maximum Gasteiger partial charge on any atom is 0.163 e. The van der Waals surface area contributed by atoms with Gasteiger partial charge in [-0.15, -0.1) is 0 Å². The van der Waals surface area contributed by atoms with Crippen LogP contribution in [0.15, 0.2) is 35.0 Å². The van der Waals surface area contributed by atoms with Crippen molar-refractivity contribution < 1.29 is 9.21 Å². The number of carbonyl (C=O) groups is 1. The Hall–Kier alpha value is -1.31. The van der Waals surface area contributed by atoms with Gasteiger partial charge >= 0.3 is 0 Å². The molecule has 1 aromatic rings. The van der Waals surface area contributed by atoms with Gasteiger partial charge in [0.2, 0.25) is 0 Å². The normalized spacial score (nSPS) is 11.4. The SMILES string of the molecule is C=C(CCc1ccco1)C(=O)C(C)(C)C. The van der Waals surface area contributed by atoms with Crippen molar-refractivity contribution in [3.8, 4) is 0 Å². The molecule has 1 rings (SSSR count). The maximum atomic E-state index is 11.8. The van der Waals surface area contributed by atoms with E-state index >= 15 is 0 Å². The maximum absolute atomic E-state index is 11.8. The minimum absolute atomic E-state index is 0.133. The van der Waals surface area contributed by atoms with E-state index in [9.17, 15) is 4.79 Å². The van der Waals surface area contributed by atoms with Crippen molar-refractivity contribution in [2.45, 2.75) is 33.6 Å². The summed E-state index contributed by atoms with van der Waals surface area (Å²) >= 11 is 0. The highest BCUT2D eigenvalue weighted by Gasteiger charge is 2.23. The first-order valence-corrected chi connectivity index (χ1v) is 5.16. The molecule has 0 unspecified atom stereocenters. The fraction of sp³-hybridized carbons (Fsp3) is 0.462. The van der Waals surface area contributed by atoms with Gasteiger partial charge in [-0.2, -0.15) is 0 Å². The van der Waals surface area contributed by atoms with E-state index in [-0.39, 0.29) is 11.2 Å². The minimum atomic E-state index is -0.333. The summed E-state index contributed by atoms with van der Waals surface area (Å²) < 4.78 is 5.20. The fourth-order valence-corrected chi connectivity index (χ4v) is 1.37. The summed E-state index contributed by atoms with van der Waals surface area (Å²) in [5, 5.41) is 0. The summed E-state index contributed by atoms with van der Waals surface area (Å²) in [4.78, 5) is 11.8. The number of Topliss-reactive ketones (excluding diaryl/α,β-unsaturated/α-hetero) is 1. The van der Waals surface area contributed by atoms with E-state index in [1.54, 1.807) is 6.26 Å². The van der Waals surface area contributed by atoms with Crippen LogP contribution in [0.1, 0.15) is 33.0 Å². The van der Waals surface area contributed by atoms with E-state index in [1.165, 1.54) is 0 Å². The summed E-state index contributed by atoms with van der Waals surface area (Å²) in [6.07, 6.45) is 3.06. The third-order valence-electron chi connectivity index (χ3n) is 2.26. The highest BCUT2D eigenvalue weighted by atomic mass is 16.3. The van der Waals surface area contributed by atoms with Crippen LogP contribution in [0.25, 0.3) is 0 Å². The van der Waals surface area contributed by atoms with Gasteiger partial charge in [0.15, 0.2) is 5.78 Å². The number of carbonyl (C=O) groups excluding carboxylic acids is 1. The molecule has 0 N–H and O–H groups in total. The fourth-order valence-electron chi connectivity index (χ4n) is 1.37. The molecule has 0 spiro atoms. The average molecular weight is 206 g/mol. The van der Waals surface area contributed by atoms with Gasteiger partial charge in [0.1, 0.15) is 5.76 Å². The molecule has 0 aliphatic rings. The Morgan fingerprint density at radius 1 is 1.47 bits per heavy atom. The van der Waals surface area contributed by atoms with Gasteiger partial charge in [-0.1, -0.05) is 27.4 Å². The van der Waals surface area contributed by atoms with Crippen molar-refractivity contribution in [2.24, 2.45) is 5.41 Å². The van der Waals surface area contributed by atoms with Crippen LogP contribution in [0.2, 0.25) is 0 Å². The van der Waals surface area contributed by atoms with E-state index < -0.39 is 0 Å². The lowest BCUT2D eigenvalue weighted by Gasteiger charge is -2.17. The lowest BCUT2D eigenvalue weighted by molar-refractivity contribution is -0.122. The van der Waals surface area contributed by atoms with Gasteiger partial charge in [0, 0.05) is 11.8 Å². The zero-order valence-electron chi connectivity index (χ0n) is 9.67. The van der Waals surface area contributed by atoms with E-state index in [1.807, 2.05) is 32.9 Å². The Morgan fingerprint density at radius 2 is 2.13 bits per heavy atom. The van der Waals surface area contributed by atoms with Crippen molar-refractivity contribution in [1.82, 2.24) is 0 Å². The van der Waals surface area contributed by atoms with Gasteiger partial charge < -0.3 is 4.42 Å². The molecule has 0 aliphatic carbocycles. The molecule has 2 nitrogen and oxygen atoms in total. The second-order valence-electron chi connectivity index (χ2n) is 4.76. The van der Waals surface area contributed by atoms with Crippen LogP contribution in [0.4, 0.5) is 0 Å². The van der Waals surface area contributed by atoms with E-state index in [4.69, 9.17) is 4.42 Å². The third-order valence-corrected chi connectivity index (χ3v) is 2.26. The summed E-state index contributed by atoms with van der Waals surface area (Å²) in [5.41, 5.74) is 0.346. The third kappa shape index (κ3) is 3.39. The standard InChI is InChI=1S/C13H18O2/c1-10(12(14)13(2,3)4)7-8-11-6-5-9-15-11/h5-6,9H,1,7-8H2,2-4H3. The Bertz CT molecular complexity index is 339. The monoisotopic (exact) mass is 206 g/mol. The lowest BCUT2D eigenvalue weighted by atomic mass is 9.85. The Kier molecular flexibility index (Phi) is 3.51. The number of hydrogen-bond donors (Lipinski definition) is 0. The predicted octanol–water partition coefficient (Wildman–Crippen LogP) is 3.38. The van der Waals surface area contributed by atoms with Crippen molar-refractivity contribution in [3.63, 3.8) is 0 Å². The second-order valence-corrected chi connectivity index (χ2v) is 4.76. The van der Waals surface area contributed by atoms with Gasteiger partial charge in [-0.25, -0.2) is 0 Å². The smallest absolute Gasteiger partial charge is 0.163 e. The summed E-state index contributed by atoms with van der Waals surface area (Å²) in [6.45, 7) is 9.56. The van der Waals surface area contributed by atoms with Crippen LogP contribution in [0, 0.1) is 5.41 Å². The first-order chi connectivity index (χ1) is 6.91. The zero-order chi connectivity index (χ0) is 11.5. The first-order valence-electron chi connectivity index (χ1n) is 5.16. The van der Waals surface area contributed by atoms with Crippen LogP contribution in [0.5, 0.6) is 0 Å². The van der Waals surface area contributed by atoms with Crippen LogP contribution in [-0.4, -0.2) is 5.78 Å². The van der Waals surface area contributed by atoms with Gasteiger partial charge in [0.25, 0.3) is 0 Å². The molecule has 1 aromatic heterocycles. The molecule has 82 valence electrons. The zero-order valence-corrected chi connectivity index (χ0v) is 9.67. The average Bonchev–Trinajstić information content (AvgIpc) is 2.63. The van der Waals surface area contributed by atoms with Crippen molar-refractivity contribution in [1.29, 1.82) is 0 Å². The van der Waals surface area contributed by atoms with Gasteiger partial charge in [-0.3, -0.25) is 4.79 Å². The molecule has 2 heteroatoms. The van der Waals surface area contributed by atoms with Crippen molar-refractivity contribution >= 4 is 5.78 Å². The predicted molar refractivity (Wildman–Crippen MR) is 60.6 cm³/mol. The molecular weight excluding hydrogens is 188 g/mol. The Labute approximate surface area is 91.0 Å². The van der Waals surface area contributed by atoms with Crippen molar-refractivity contribution in [2.75, 3.05) is 0 Å². The number of furan rings is 1. The quantitative estimate of drug-likeness (QED) is 0.707. The van der Waals surface area contributed by atoms with Crippen LogP contribution in [0.3, 0.4) is 0 Å². The molecule has 0 amide bonds. The number of rotatable bonds is 4. The number of ketones is 1. The Balaban J connectivity index is 2.47. The van der Waals surface area contributed by atoms with Gasteiger partial charge in [0.05, 0.1) is 6.26 Å². The highest BCUT2D eigenvalue weighted by molar-refractivity contribution is 5.98. The lowest BCUT2D eigenvalue weighted by Crippen LogP contribution is -2.21. The second kappa shape index (κ2) is 4.47. The molecule has 0 fully saturated rings. The largest absolute Gasteiger partial charge is 0.469 e. The molecule has 15 heavy (non-hydrogen) atoms. The molecule has 1 heterocycles. The summed E-state index contributed by atoms with van der Waals surface area (Å²) in [6, 6.07) is 3.76. The molecule has 0 atom stereocenters. The molecule has 0 aromatic carbocycles. The highest BCUT2D eigenvalue weighted by Crippen LogP contribution is 2.21. The van der Waals surface area contributed by atoms with E-state index in [2.05, 4.69) is 6.58 Å². The molecular formula is C13H18O2. The van der Waals surface area contributed by atoms with Crippen LogP contribution < -0.4 is 0 Å². The topological polar surface area (TPSA) is 30.2 Å². The molecule has 0 radical (unpaired) electrons. The van der Waals surface area contributed by atoms with Crippen LogP contribution >= 0.6 is 0 Å². The molecule has 0 aliphatic heterocycles.